The summed E-state index contributed by atoms with van der Waals surface area (Å²) >= 11 is 0. The van der Waals surface area contributed by atoms with E-state index < -0.39 is 0 Å². The monoisotopic (exact) mass is 456 g/mol. The summed E-state index contributed by atoms with van der Waals surface area (Å²) in [5.41, 5.74) is 2.91. The topological polar surface area (TPSA) is 71.1 Å². The lowest BCUT2D eigenvalue weighted by Crippen LogP contribution is -2.21. The molecule has 0 aromatic heterocycles. The Morgan fingerprint density at radius 1 is 0.912 bits per heavy atom. The van der Waals surface area contributed by atoms with E-state index in [1.165, 1.54) is 0 Å². The van der Waals surface area contributed by atoms with Crippen LogP contribution in [-0.2, 0) is 4.79 Å². The number of benzene rings is 3. The average Bonchev–Trinajstić information content (AvgIpc) is 3.14. The number of esters is 1. The van der Waals surface area contributed by atoms with Gasteiger partial charge < -0.3 is 18.9 Å². The van der Waals surface area contributed by atoms with Crippen molar-refractivity contribution in [2.24, 2.45) is 0 Å². The van der Waals surface area contributed by atoms with Crippen molar-refractivity contribution in [3.05, 3.63) is 88.7 Å². The van der Waals surface area contributed by atoms with Gasteiger partial charge in [0.2, 0.25) is 5.78 Å². The summed E-state index contributed by atoms with van der Waals surface area (Å²) in [5.74, 6) is 1.75. The maximum absolute atomic E-state index is 13.1. The second-order valence-corrected chi connectivity index (χ2v) is 8.53. The van der Waals surface area contributed by atoms with Crippen LogP contribution < -0.4 is 18.9 Å². The zero-order chi connectivity index (χ0) is 23.8. The van der Waals surface area contributed by atoms with Gasteiger partial charge >= 0.3 is 5.97 Å². The van der Waals surface area contributed by atoms with E-state index in [9.17, 15) is 9.59 Å². The van der Waals surface area contributed by atoms with Crippen molar-refractivity contribution in [1.82, 2.24) is 0 Å². The van der Waals surface area contributed by atoms with Crippen LogP contribution in [0.15, 0.2) is 66.4 Å². The van der Waals surface area contributed by atoms with Crippen molar-refractivity contribution >= 4 is 17.8 Å². The second kappa shape index (κ2) is 8.71. The molecule has 1 atom stereocenters. The number of methoxy groups -OCH3 is 1. The molecule has 6 heteroatoms. The van der Waals surface area contributed by atoms with Gasteiger partial charge in [0.1, 0.15) is 23.0 Å². The Kier molecular flexibility index (Phi) is 5.57. The summed E-state index contributed by atoms with van der Waals surface area (Å²) in [6, 6.07) is 18.3. The van der Waals surface area contributed by atoms with Crippen LogP contribution in [0.2, 0.25) is 0 Å². The predicted molar refractivity (Wildman–Crippen MR) is 127 cm³/mol. The first-order valence-electron chi connectivity index (χ1n) is 11.2. The number of ether oxygens (including phenoxy) is 4. The normalized spacial score (nSPS) is 17.8. The van der Waals surface area contributed by atoms with E-state index in [4.69, 9.17) is 18.9 Å². The number of fused-ring (bicyclic) bond motifs is 3. The number of hydrogen-bond donors (Lipinski definition) is 0. The molecule has 172 valence electrons. The highest BCUT2D eigenvalue weighted by Crippen LogP contribution is 2.49. The Balaban J connectivity index is 1.52. The molecule has 34 heavy (non-hydrogen) atoms. The van der Waals surface area contributed by atoms with Crippen molar-refractivity contribution in [3.63, 3.8) is 0 Å². The molecule has 2 aliphatic heterocycles. The van der Waals surface area contributed by atoms with Crippen LogP contribution in [0.4, 0.5) is 0 Å². The maximum atomic E-state index is 13.1. The molecule has 0 saturated heterocycles. The van der Waals surface area contributed by atoms with Crippen LogP contribution in [0.25, 0.3) is 6.08 Å². The van der Waals surface area contributed by atoms with Gasteiger partial charge in [-0.15, -0.1) is 0 Å². The molecule has 0 spiro atoms. The number of hydrogen-bond acceptors (Lipinski definition) is 6. The zero-order valence-electron chi connectivity index (χ0n) is 19.2. The lowest BCUT2D eigenvalue weighted by molar-refractivity contribution is -0.135. The number of ketones is 1. The van der Waals surface area contributed by atoms with Gasteiger partial charge in [-0.3, -0.25) is 9.59 Å². The Morgan fingerprint density at radius 2 is 1.62 bits per heavy atom. The van der Waals surface area contributed by atoms with E-state index in [1.807, 2.05) is 62.4 Å². The molecule has 2 aliphatic rings. The SMILES string of the molecule is COc1ccc(/C=C2\Oc3c(ccc4c3C(c3ccc(OC(C)C)cc3)CC(=O)O4)C2=O)cc1. The highest BCUT2D eigenvalue weighted by molar-refractivity contribution is 6.15. The van der Waals surface area contributed by atoms with E-state index >= 15 is 0 Å². The summed E-state index contributed by atoms with van der Waals surface area (Å²) in [4.78, 5) is 25.5. The summed E-state index contributed by atoms with van der Waals surface area (Å²) in [5, 5.41) is 0. The van der Waals surface area contributed by atoms with Crippen molar-refractivity contribution < 1.29 is 28.5 Å². The molecule has 5 rings (SSSR count). The number of carbonyl (C=O) groups is 2. The molecule has 0 bridgehead atoms. The third-order valence-corrected chi connectivity index (χ3v) is 5.85. The third kappa shape index (κ3) is 4.03. The molecule has 0 amide bonds. The van der Waals surface area contributed by atoms with Gasteiger partial charge in [0.25, 0.3) is 0 Å². The molecule has 3 aromatic carbocycles. The Labute approximate surface area is 197 Å². The van der Waals surface area contributed by atoms with Gasteiger partial charge in [-0.05, 0) is 67.4 Å². The molecule has 2 heterocycles. The molecular weight excluding hydrogens is 432 g/mol. The van der Waals surface area contributed by atoms with Crippen molar-refractivity contribution in [2.75, 3.05) is 7.11 Å². The molecule has 0 radical (unpaired) electrons. The van der Waals surface area contributed by atoms with E-state index in [0.29, 0.717) is 22.6 Å². The van der Waals surface area contributed by atoms with Crippen LogP contribution in [0, 0.1) is 0 Å². The fourth-order valence-corrected chi connectivity index (χ4v) is 4.29. The molecule has 0 saturated carbocycles. The Morgan fingerprint density at radius 3 is 2.29 bits per heavy atom. The third-order valence-electron chi connectivity index (χ3n) is 5.85. The molecule has 1 unspecified atom stereocenters. The smallest absolute Gasteiger partial charge is 0.312 e. The summed E-state index contributed by atoms with van der Waals surface area (Å²) in [7, 11) is 1.60. The number of carbonyl (C=O) groups excluding carboxylic acids is 2. The first-order valence-corrected chi connectivity index (χ1v) is 11.2. The second-order valence-electron chi connectivity index (χ2n) is 8.53. The van der Waals surface area contributed by atoms with Gasteiger partial charge in [-0.25, -0.2) is 0 Å². The molecule has 3 aromatic rings. The lowest BCUT2D eigenvalue weighted by atomic mass is 9.84. The quantitative estimate of drug-likeness (QED) is 0.285. The van der Waals surface area contributed by atoms with E-state index in [-0.39, 0.29) is 36.0 Å². The first-order chi connectivity index (χ1) is 16.4. The van der Waals surface area contributed by atoms with Gasteiger partial charge in [0.15, 0.2) is 5.76 Å². The number of Topliss-reactive ketones (excluding diaryl/α,β-unsaturated/α-hetero) is 1. The minimum Gasteiger partial charge on any atom is -0.497 e. The summed E-state index contributed by atoms with van der Waals surface area (Å²) in [6.45, 7) is 3.94. The lowest BCUT2D eigenvalue weighted by Gasteiger charge is -2.26. The standard InChI is InChI=1S/C28H24O6/c1-16(2)32-20-10-6-18(7-11-20)22-15-25(29)33-23-13-12-21-27(30)24(34-28(21)26(22)23)14-17-4-8-19(31-3)9-5-17/h4-14,16,22H,15H2,1-3H3/b24-14-. The zero-order valence-corrected chi connectivity index (χ0v) is 19.2. The van der Waals surface area contributed by atoms with Crippen LogP contribution in [0.1, 0.15) is 53.2 Å². The van der Waals surface area contributed by atoms with Gasteiger partial charge in [-0.1, -0.05) is 24.3 Å². The summed E-state index contributed by atoms with van der Waals surface area (Å²) < 4.78 is 22.6. The minimum absolute atomic E-state index is 0.0647. The van der Waals surface area contributed by atoms with Gasteiger partial charge in [0, 0.05) is 11.5 Å². The molecule has 0 N–H and O–H groups in total. The number of allylic oxidation sites excluding steroid dienone is 1. The van der Waals surface area contributed by atoms with Crippen LogP contribution >= 0.6 is 0 Å². The molecule has 6 nitrogen and oxygen atoms in total. The molecule has 0 aliphatic carbocycles. The first kappa shape index (κ1) is 21.8. The minimum atomic E-state index is -0.321. The predicted octanol–water partition coefficient (Wildman–Crippen LogP) is 5.54. The van der Waals surface area contributed by atoms with Crippen LogP contribution in [-0.4, -0.2) is 25.0 Å². The molecular formula is C28H24O6. The van der Waals surface area contributed by atoms with E-state index in [1.54, 1.807) is 25.3 Å². The van der Waals surface area contributed by atoms with Crippen LogP contribution in [0.5, 0.6) is 23.0 Å². The van der Waals surface area contributed by atoms with Crippen molar-refractivity contribution in [1.29, 1.82) is 0 Å². The van der Waals surface area contributed by atoms with E-state index in [2.05, 4.69) is 0 Å². The van der Waals surface area contributed by atoms with E-state index in [0.717, 1.165) is 22.6 Å². The average molecular weight is 456 g/mol. The number of rotatable bonds is 5. The Hall–Kier alpha value is -4.06. The summed E-state index contributed by atoms with van der Waals surface area (Å²) in [6.07, 6.45) is 1.92. The fourth-order valence-electron chi connectivity index (χ4n) is 4.29. The van der Waals surface area contributed by atoms with Gasteiger partial charge in [-0.2, -0.15) is 0 Å². The van der Waals surface area contributed by atoms with Crippen LogP contribution in [0.3, 0.4) is 0 Å². The highest BCUT2D eigenvalue weighted by Gasteiger charge is 2.38. The van der Waals surface area contributed by atoms with Crippen molar-refractivity contribution in [3.8, 4) is 23.0 Å². The van der Waals surface area contributed by atoms with Crippen molar-refractivity contribution in [2.45, 2.75) is 32.3 Å². The molecule has 0 fully saturated rings. The highest BCUT2D eigenvalue weighted by atomic mass is 16.5. The Bertz CT molecular complexity index is 1290. The van der Waals surface area contributed by atoms with Gasteiger partial charge in [0.05, 0.1) is 25.2 Å². The maximum Gasteiger partial charge on any atom is 0.312 e. The largest absolute Gasteiger partial charge is 0.497 e. The fraction of sp³-hybridized carbons (Fsp3) is 0.214.